The molecule has 1 aromatic heterocycles. The molecule has 0 unspecified atom stereocenters. The van der Waals surface area contributed by atoms with E-state index < -0.39 is 0 Å². The second-order valence-electron chi connectivity index (χ2n) is 1.84. The lowest BCUT2D eigenvalue weighted by atomic mass is 10.4. The Morgan fingerprint density at radius 3 is 3.08 bits per heavy atom. The summed E-state index contributed by atoms with van der Waals surface area (Å²) in [4.78, 5) is 10.1. The Labute approximate surface area is 73.7 Å². The van der Waals surface area contributed by atoms with E-state index in [4.69, 9.17) is 16.3 Å². The van der Waals surface area contributed by atoms with Crippen molar-refractivity contribution in [3.05, 3.63) is 11.3 Å². The van der Waals surface area contributed by atoms with E-state index in [-0.39, 0.29) is 5.15 Å². The van der Waals surface area contributed by atoms with Gasteiger partial charge in [0, 0.05) is 0 Å². The van der Waals surface area contributed by atoms with Crippen LogP contribution < -0.4 is 10.1 Å². The smallest absolute Gasteiger partial charge is 0.211 e. The predicted molar refractivity (Wildman–Crippen MR) is 43.3 cm³/mol. The lowest BCUT2D eigenvalue weighted by molar-refractivity contribution is -0.105. The maximum atomic E-state index is 10.1. The van der Waals surface area contributed by atoms with Gasteiger partial charge in [-0.25, -0.2) is 0 Å². The number of ether oxygens (including phenoxy) is 1. The first-order valence-corrected chi connectivity index (χ1v) is 3.42. The minimum atomic E-state index is 0.115. The van der Waals surface area contributed by atoms with Crippen LogP contribution in [0.3, 0.4) is 0 Å². The molecular weight excluding hydrogens is 182 g/mol. The number of amides is 1. The first kappa shape index (κ1) is 8.73. The summed E-state index contributed by atoms with van der Waals surface area (Å²) in [6.45, 7) is 0. The first-order valence-electron chi connectivity index (χ1n) is 3.05. The quantitative estimate of drug-likeness (QED) is 0.708. The van der Waals surface area contributed by atoms with Gasteiger partial charge in [-0.05, 0) is 0 Å². The van der Waals surface area contributed by atoms with E-state index in [1.807, 2.05) is 0 Å². The number of rotatable bonds is 3. The van der Waals surface area contributed by atoms with E-state index in [0.717, 1.165) is 0 Å². The number of hydrogen-bond acceptors (Lipinski definition) is 4. The molecule has 0 fully saturated rings. The van der Waals surface area contributed by atoms with E-state index in [1.54, 1.807) is 0 Å². The largest absolute Gasteiger partial charge is 0.491 e. The molecule has 0 saturated carbocycles. The van der Waals surface area contributed by atoms with Gasteiger partial charge in [0.2, 0.25) is 6.41 Å². The van der Waals surface area contributed by atoms with Crippen LogP contribution in [0.5, 0.6) is 5.75 Å². The third-order valence-electron chi connectivity index (χ3n) is 1.18. The van der Waals surface area contributed by atoms with Gasteiger partial charge in [-0.3, -0.25) is 4.79 Å². The van der Waals surface area contributed by atoms with Crippen molar-refractivity contribution in [2.24, 2.45) is 0 Å². The number of aromatic nitrogens is 2. The molecule has 0 saturated heterocycles. The number of carbonyl (C=O) groups excluding carboxylic acids is 1. The molecule has 0 atom stereocenters. The van der Waals surface area contributed by atoms with E-state index in [9.17, 15) is 4.79 Å². The summed E-state index contributed by atoms with van der Waals surface area (Å²) < 4.78 is 4.87. The minimum Gasteiger partial charge on any atom is -0.491 e. The van der Waals surface area contributed by atoms with Gasteiger partial charge >= 0.3 is 0 Å². The van der Waals surface area contributed by atoms with Crippen LogP contribution in [0.4, 0.5) is 5.69 Å². The summed E-state index contributed by atoms with van der Waals surface area (Å²) in [5, 5.41) is 9.55. The summed E-state index contributed by atoms with van der Waals surface area (Å²) in [7, 11) is 1.43. The molecule has 1 amide bonds. The van der Waals surface area contributed by atoms with Crippen LogP contribution in [0.15, 0.2) is 6.20 Å². The van der Waals surface area contributed by atoms with Gasteiger partial charge in [-0.2, -0.15) is 5.10 Å². The number of nitrogens with zero attached hydrogens (tertiary/aromatic N) is 2. The number of anilines is 1. The van der Waals surface area contributed by atoms with Crippen LogP contribution >= 0.6 is 11.6 Å². The van der Waals surface area contributed by atoms with Gasteiger partial charge < -0.3 is 10.1 Å². The van der Waals surface area contributed by atoms with Gasteiger partial charge in [0.25, 0.3) is 0 Å². The van der Waals surface area contributed by atoms with E-state index in [0.29, 0.717) is 17.8 Å². The highest BCUT2D eigenvalue weighted by Gasteiger charge is 2.07. The lowest BCUT2D eigenvalue weighted by Gasteiger charge is -2.05. The number of hydrogen-bond donors (Lipinski definition) is 1. The van der Waals surface area contributed by atoms with Crippen molar-refractivity contribution in [1.29, 1.82) is 0 Å². The maximum Gasteiger partial charge on any atom is 0.211 e. The fourth-order valence-corrected chi connectivity index (χ4v) is 0.936. The van der Waals surface area contributed by atoms with Crippen molar-refractivity contribution in [2.75, 3.05) is 12.4 Å². The van der Waals surface area contributed by atoms with Crippen molar-refractivity contribution >= 4 is 23.7 Å². The normalized spacial score (nSPS) is 9.17. The Morgan fingerprint density at radius 2 is 2.50 bits per heavy atom. The molecule has 0 aliphatic carbocycles. The maximum absolute atomic E-state index is 10.1. The van der Waals surface area contributed by atoms with Crippen molar-refractivity contribution in [3.8, 4) is 5.75 Å². The third kappa shape index (κ3) is 1.62. The Balaban J connectivity index is 3.08. The molecular formula is C6H6ClN3O2. The van der Waals surface area contributed by atoms with Crippen molar-refractivity contribution < 1.29 is 9.53 Å². The monoisotopic (exact) mass is 187 g/mol. The molecule has 12 heavy (non-hydrogen) atoms. The molecule has 1 rings (SSSR count). The average molecular weight is 188 g/mol. The zero-order valence-corrected chi connectivity index (χ0v) is 7.00. The standard InChI is InChI=1S/C6H6ClN3O2/c1-12-5-4(8-3-11)2-9-10-6(5)7/h2-3H,1H3,(H,8,10,11). The topological polar surface area (TPSA) is 64.1 Å². The van der Waals surface area contributed by atoms with Gasteiger partial charge in [0.05, 0.1) is 13.3 Å². The SMILES string of the molecule is COc1c(NC=O)cnnc1Cl. The van der Waals surface area contributed by atoms with E-state index >= 15 is 0 Å². The summed E-state index contributed by atoms with van der Waals surface area (Å²) in [5.41, 5.74) is 0.396. The van der Waals surface area contributed by atoms with Crippen LogP contribution in [0, 0.1) is 0 Å². The number of methoxy groups -OCH3 is 1. The fraction of sp³-hybridized carbons (Fsp3) is 0.167. The van der Waals surface area contributed by atoms with Crippen LogP contribution in [-0.4, -0.2) is 23.7 Å². The number of halogens is 1. The molecule has 1 aromatic rings. The van der Waals surface area contributed by atoms with Crippen LogP contribution in [0.25, 0.3) is 0 Å². The molecule has 6 heteroatoms. The van der Waals surface area contributed by atoms with E-state index in [1.165, 1.54) is 13.3 Å². The Bertz CT molecular complexity index is 292. The minimum absolute atomic E-state index is 0.115. The Morgan fingerprint density at radius 1 is 1.75 bits per heavy atom. The van der Waals surface area contributed by atoms with Crippen molar-refractivity contribution in [2.45, 2.75) is 0 Å². The zero-order valence-electron chi connectivity index (χ0n) is 6.24. The van der Waals surface area contributed by atoms with Gasteiger partial charge in [-0.1, -0.05) is 11.6 Å². The summed E-state index contributed by atoms with van der Waals surface area (Å²) >= 11 is 5.61. The first-order chi connectivity index (χ1) is 5.79. The molecule has 0 bridgehead atoms. The Hall–Kier alpha value is -1.36. The van der Waals surface area contributed by atoms with Gasteiger partial charge in [0.1, 0.15) is 5.69 Å². The molecule has 0 radical (unpaired) electrons. The fourth-order valence-electron chi connectivity index (χ4n) is 0.713. The van der Waals surface area contributed by atoms with Crippen LogP contribution in [0.1, 0.15) is 0 Å². The molecule has 0 aromatic carbocycles. The van der Waals surface area contributed by atoms with Gasteiger partial charge in [0.15, 0.2) is 10.9 Å². The summed E-state index contributed by atoms with van der Waals surface area (Å²) in [5.74, 6) is 0.304. The highest BCUT2D eigenvalue weighted by molar-refractivity contribution is 6.31. The van der Waals surface area contributed by atoms with Crippen LogP contribution in [0.2, 0.25) is 5.15 Å². The molecule has 1 N–H and O–H groups in total. The Kier molecular flexibility index (Phi) is 2.82. The average Bonchev–Trinajstić information content (AvgIpc) is 2.05. The lowest BCUT2D eigenvalue weighted by Crippen LogP contribution is -2.00. The number of nitrogens with one attached hydrogen (secondary N) is 1. The highest BCUT2D eigenvalue weighted by Crippen LogP contribution is 2.28. The molecule has 0 aliphatic rings. The zero-order chi connectivity index (χ0) is 8.97. The van der Waals surface area contributed by atoms with Crippen molar-refractivity contribution in [3.63, 3.8) is 0 Å². The summed E-state index contributed by atoms with van der Waals surface area (Å²) in [6.07, 6.45) is 1.86. The molecule has 64 valence electrons. The molecule has 5 nitrogen and oxygen atoms in total. The number of carbonyl (C=O) groups is 1. The molecule has 0 spiro atoms. The van der Waals surface area contributed by atoms with Gasteiger partial charge in [-0.15, -0.1) is 5.10 Å². The van der Waals surface area contributed by atoms with E-state index in [2.05, 4.69) is 15.5 Å². The third-order valence-corrected chi connectivity index (χ3v) is 1.43. The predicted octanol–water partition coefficient (Wildman–Crippen LogP) is 0.707. The van der Waals surface area contributed by atoms with Crippen LogP contribution in [-0.2, 0) is 4.79 Å². The second-order valence-corrected chi connectivity index (χ2v) is 2.20. The molecule has 0 aliphatic heterocycles. The second kappa shape index (κ2) is 3.87. The molecule has 1 heterocycles. The summed E-state index contributed by atoms with van der Waals surface area (Å²) in [6, 6.07) is 0. The van der Waals surface area contributed by atoms with Crippen molar-refractivity contribution in [1.82, 2.24) is 10.2 Å². The highest BCUT2D eigenvalue weighted by atomic mass is 35.5.